The first kappa shape index (κ1) is 16.9. The second-order valence-corrected chi connectivity index (χ2v) is 6.17. The number of ether oxygens (including phenoxy) is 2. The van der Waals surface area contributed by atoms with E-state index in [1.807, 2.05) is 30.3 Å². The van der Waals surface area contributed by atoms with Gasteiger partial charge in [-0.05, 0) is 19.4 Å². The summed E-state index contributed by atoms with van der Waals surface area (Å²) < 4.78 is 10.8. The highest BCUT2D eigenvalue weighted by molar-refractivity contribution is 5.77. The molecule has 1 aromatic rings. The van der Waals surface area contributed by atoms with Crippen molar-refractivity contribution in [1.29, 1.82) is 0 Å². The van der Waals surface area contributed by atoms with Crippen LogP contribution in [-0.4, -0.2) is 55.8 Å². The maximum absolute atomic E-state index is 11.9. The number of benzene rings is 1. The highest BCUT2D eigenvalue weighted by atomic mass is 16.5. The minimum Gasteiger partial charge on any atom is -0.379 e. The van der Waals surface area contributed by atoms with Gasteiger partial charge in [0.2, 0.25) is 5.91 Å². The maximum atomic E-state index is 11.9. The number of hydrogen-bond acceptors (Lipinski definition) is 4. The smallest absolute Gasteiger partial charge is 0.246 e. The summed E-state index contributed by atoms with van der Waals surface area (Å²) in [4.78, 5) is 14.2. The highest BCUT2D eigenvalue weighted by Crippen LogP contribution is 2.14. The number of amides is 1. The molecule has 0 aliphatic carbocycles. The average Bonchev–Trinajstić information content (AvgIpc) is 2.55. The van der Waals surface area contributed by atoms with E-state index < -0.39 is 0 Å². The normalized spacial score (nSPS) is 16.5. The van der Waals surface area contributed by atoms with Gasteiger partial charge in [-0.3, -0.25) is 9.69 Å². The van der Waals surface area contributed by atoms with E-state index in [-0.39, 0.29) is 18.1 Å². The minimum absolute atomic E-state index is 0.0706. The summed E-state index contributed by atoms with van der Waals surface area (Å²) in [6.07, 6.45) is 0. The molecule has 0 radical (unpaired) electrons. The Bertz CT molecular complexity index is 456. The van der Waals surface area contributed by atoms with Crippen LogP contribution in [0.3, 0.4) is 0 Å². The van der Waals surface area contributed by atoms with Crippen LogP contribution in [0.1, 0.15) is 19.4 Å². The lowest BCUT2D eigenvalue weighted by molar-refractivity contribution is -0.126. The monoisotopic (exact) mass is 306 g/mol. The summed E-state index contributed by atoms with van der Waals surface area (Å²) in [6, 6.07) is 9.86. The van der Waals surface area contributed by atoms with Gasteiger partial charge in [-0.1, -0.05) is 30.3 Å². The molecule has 2 rings (SSSR count). The molecule has 1 aromatic carbocycles. The van der Waals surface area contributed by atoms with Crippen LogP contribution < -0.4 is 5.32 Å². The fourth-order valence-electron chi connectivity index (χ4n) is 2.48. The summed E-state index contributed by atoms with van der Waals surface area (Å²) in [5.41, 5.74) is 1.00. The zero-order valence-electron chi connectivity index (χ0n) is 13.5. The molecule has 22 heavy (non-hydrogen) atoms. The number of rotatable bonds is 7. The molecule has 1 aliphatic rings. The Labute approximate surface area is 132 Å². The first-order chi connectivity index (χ1) is 10.6. The average molecular weight is 306 g/mol. The van der Waals surface area contributed by atoms with Gasteiger partial charge in [0.05, 0.1) is 19.8 Å². The molecule has 0 bridgehead atoms. The Morgan fingerprint density at radius 3 is 2.64 bits per heavy atom. The van der Waals surface area contributed by atoms with E-state index in [1.165, 1.54) is 0 Å². The molecule has 0 unspecified atom stereocenters. The molecule has 0 aromatic heterocycles. The number of carbonyl (C=O) groups is 1. The van der Waals surface area contributed by atoms with Crippen molar-refractivity contribution in [3.05, 3.63) is 35.9 Å². The van der Waals surface area contributed by atoms with Crippen LogP contribution in [0.4, 0.5) is 0 Å². The summed E-state index contributed by atoms with van der Waals surface area (Å²) >= 11 is 0. The molecule has 5 nitrogen and oxygen atoms in total. The predicted molar refractivity (Wildman–Crippen MR) is 85.6 cm³/mol. The third-order valence-corrected chi connectivity index (χ3v) is 3.93. The fraction of sp³-hybridized carbons (Fsp3) is 0.588. The Kier molecular flexibility index (Phi) is 6.36. The molecular weight excluding hydrogens is 280 g/mol. The minimum atomic E-state index is -0.0720. The lowest BCUT2D eigenvalue weighted by atomic mass is 10.0. The van der Waals surface area contributed by atoms with E-state index in [1.54, 1.807) is 0 Å². The standard InChI is InChI=1S/C17H26N2O3/c1-17(2,19-8-10-21-11-9-19)14-18-16(20)13-22-12-15-6-4-3-5-7-15/h3-7H,8-14H2,1-2H3,(H,18,20). The van der Waals surface area contributed by atoms with Gasteiger partial charge in [-0.25, -0.2) is 0 Å². The van der Waals surface area contributed by atoms with Gasteiger partial charge < -0.3 is 14.8 Å². The Balaban J connectivity index is 1.66. The van der Waals surface area contributed by atoms with Gasteiger partial charge in [-0.2, -0.15) is 0 Å². The Hall–Kier alpha value is -1.43. The first-order valence-corrected chi connectivity index (χ1v) is 7.79. The Morgan fingerprint density at radius 2 is 1.95 bits per heavy atom. The molecule has 1 saturated heterocycles. The highest BCUT2D eigenvalue weighted by Gasteiger charge is 2.28. The van der Waals surface area contributed by atoms with Crippen LogP contribution >= 0.6 is 0 Å². The van der Waals surface area contributed by atoms with Crippen molar-refractivity contribution in [1.82, 2.24) is 10.2 Å². The first-order valence-electron chi connectivity index (χ1n) is 7.79. The predicted octanol–water partition coefficient (Wildman–Crippen LogP) is 1.43. The van der Waals surface area contributed by atoms with E-state index in [9.17, 15) is 4.79 Å². The van der Waals surface area contributed by atoms with Crippen LogP contribution in [0.15, 0.2) is 30.3 Å². The molecule has 122 valence electrons. The van der Waals surface area contributed by atoms with Gasteiger partial charge in [-0.15, -0.1) is 0 Å². The summed E-state index contributed by atoms with van der Waals surface area (Å²) in [5, 5.41) is 2.96. The summed E-state index contributed by atoms with van der Waals surface area (Å²) in [5.74, 6) is -0.0720. The zero-order chi connectivity index (χ0) is 15.8. The van der Waals surface area contributed by atoms with Crippen molar-refractivity contribution >= 4 is 5.91 Å². The molecule has 0 spiro atoms. The van der Waals surface area contributed by atoms with Crippen LogP contribution in [0.2, 0.25) is 0 Å². The van der Waals surface area contributed by atoms with Crippen molar-refractivity contribution in [3.63, 3.8) is 0 Å². The quantitative estimate of drug-likeness (QED) is 0.828. The molecule has 0 saturated carbocycles. The van der Waals surface area contributed by atoms with Gasteiger partial charge in [0.25, 0.3) is 0 Å². The van der Waals surface area contributed by atoms with E-state index in [4.69, 9.17) is 9.47 Å². The van der Waals surface area contributed by atoms with Crippen molar-refractivity contribution in [2.75, 3.05) is 39.5 Å². The van der Waals surface area contributed by atoms with E-state index in [0.29, 0.717) is 13.2 Å². The lowest BCUT2D eigenvalue weighted by Crippen LogP contribution is -2.55. The number of nitrogens with zero attached hydrogens (tertiary/aromatic N) is 1. The third kappa shape index (κ3) is 5.40. The van der Waals surface area contributed by atoms with Crippen LogP contribution in [0.5, 0.6) is 0 Å². The van der Waals surface area contributed by atoms with Crippen molar-refractivity contribution in [3.8, 4) is 0 Å². The topological polar surface area (TPSA) is 50.8 Å². The molecule has 1 heterocycles. The molecule has 1 fully saturated rings. The van der Waals surface area contributed by atoms with Gasteiger partial charge >= 0.3 is 0 Å². The molecule has 1 aliphatic heterocycles. The fourth-order valence-corrected chi connectivity index (χ4v) is 2.48. The van der Waals surface area contributed by atoms with Gasteiger partial charge in [0.1, 0.15) is 6.61 Å². The van der Waals surface area contributed by atoms with Crippen molar-refractivity contribution in [2.45, 2.75) is 26.0 Å². The van der Waals surface area contributed by atoms with E-state index in [0.717, 1.165) is 31.9 Å². The lowest BCUT2D eigenvalue weighted by Gasteiger charge is -2.40. The largest absolute Gasteiger partial charge is 0.379 e. The van der Waals surface area contributed by atoms with Crippen molar-refractivity contribution < 1.29 is 14.3 Å². The zero-order valence-corrected chi connectivity index (χ0v) is 13.5. The molecule has 5 heteroatoms. The van der Waals surface area contributed by atoms with Crippen molar-refractivity contribution in [2.24, 2.45) is 0 Å². The second-order valence-electron chi connectivity index (χ2n) is 6.17. The summed E-state index contributed by atoms with van der Waals surface area (Å²) in [7, 11) is 0. The Morgan fingerprint density at radius 1 is 1.27 bits per heavy atom. The van der Waals surface area contributed by atoms with E-state index in [2.05, 4.69) is 24.1 Å². The molecule has 0 atom stereocenters. The number of carbonyl (C=O) groups excluding carboxylic acids is 1. The van der Waals surface area contributed by atoms with Crippen LogP contribution in [0.25, 0.3) is 0 Å². The third-order valence-electron chi connectivity index (χ3n) is 3.93. The number of hydrogen-bond donors (Lipinski definition) is 1. The van der Waals surface area contributed by atoms with Gasteiger partial charge in [0.15, 0.2) is 0 Å². The van der Waals surface area contributed by atoms with E-state index >= 15 is 0 Å². The number of morpholine rings is 1. The SMILES string of the molecule is CC(C)(CNC(=O)COCc1ccccc1)N1CCOCC1. The summed E-state index contributed by atoms with van der Waals surface area (Å²) in [6.45, 7) is 8.79. The van der Waals surface area contributed by atoms with Crippen LogP contribution in [0, 0.1) is 0 Å². The molecular formula is C17H26N2O3. The maximum Gasteiger partial charge on any atom is 0.246 e. The second kappa shape index (κ2) is 8.27. The molecule has 1 amide bonds. The van der Waals surface area contributed by atoms with Crippen LogP contribution in [-0.2, 0) is 20.9 Å². The molecule has 1 N–H and O–H groups in total. The van der Waals surface area contributed by atoms with Gasteiger partial charge in [0, 0.05) is 25.2 Å². The number of nitrogens with one attached hydrogen (secondary N) is 1.